The van der Waals surface area contributed by atoms with Crippen LogP contribution < -0.4 is 10.6 Å². The molecule has 1 saturated heterocycles. The Kier molecular flexibility index (Phi) is 9.02. The van der Waals surface area contributed by atoms with E-state index in [2.05, 4.69) is 10.6 Å². The Labute approximate surface area is 198 Å². The molecule has 2 atom stereocenters. The van der Waals surface area contributed by atoms with Gasteiger partial charge in [0.25, 0.3) is 0 Å². The molecule has 2 aromatic carbocycles. The molecule has 1 aliphatic rings. The molecule has 0 radical (unpaired) electrons. The fourth-order valence-electron chi connectivity index (χ4n) is 3.62. The van der Waals surface area contributed by atoms with E-state index in [1.165, 1.54) is 4.90 Å². The van der Waals surface area contributed by atoms with Crippen LogP contribution in [0.5, 0.6) is 0 Å². The van der Waals surface area contributed by atoms with Gasteiger partial charge in [-0.05, 0) is 30.9 Å². The molecule has 2 N–H and O–H groups in total. The van der Waals surface area contributed by atoms with E-state index in [1.807, 2.05) is 60.7 Å². The van der Waals surface area contributed by atoms with E-state index in [1.54, 1.807) is 6.92 Å². The van der Waals surface area contributed by atoms with Gasteiger partial charge in [-0.2, -0.15) is 0 Å². The summed E-state index contributed by atoms with van der Waals surface area (Å²) in [4.78, 5) is 50.9. The van der Waals surface area contributed by atoms with Crippen molar-refractivity contribution in [2.45, 2.75) is 45.1 Å². The number of amides is 3. The number of carbonyl (C=O) groups is 4. The molecule has 9 heteroatoms. The summed E-state index contributed by atoms with van der Waals surface area (Å²) in [6, 6.07) is 16.8. The maximum Gasteiger partial charge on any atom is 0.408 e. The van der Waals surface area contributed by atoms with E-state index in [0.717, 1.165) is 11.1 Å². The highest BCUT2D eigenvalue weighted by Crippen LogP contribution is 2.18. The minimum Gasteiger partial charge on any atom is -0.460 e. The number of hydrogen-bond acceptors (Lipinski definition) is 6. The van der Waals surface area contributed by atoms with E-state index < -0.39 is 30.1 Å². The Bertz CT molecular complexity index is 983. The number of rotatable bonds is 9. The lowest BCUT2D eigenvalue weighted by molar-refractivity contribution is -0.146. The summed E-state index contributed by atoms with van der Waals surface area (Å²) >= 11 is 0. The Hall–Kier alpha value is -3.88. The SMILES string of the molecule is C[C@@H](NC(=O)OCc1ccccc1)C(=O)N1CCC[C@H]1C(=O)NCC(=O)OCc1ccccc1. The van der Waals surface area contributed by atoms with Crippen molar-refractivity contribution in [2.24, 2.45) is 0 Å². The quantitative estimate of drug-likeness (QED) is 0.547. The first-order valence-electron chi connectivity index (χ1n) is 11.2. The number of benzene rings is 2. The molecule has 180 valence electrons. The zero-order chi connectivity index (χ0) is 24.3. The second-order valence-corrected chi connectivity index (χ2v) is 7.98. The molecule has 1 aliphatic heterocycles. The first kappa shape index (κ1) is 24.8. The molecule has 34 heavy (non-hydrogen) atoms. The molecule has 0 unspecified atom stereocenters. The third-order valence-electron chi connectivity index (χ3n) is 5.41. The Morgan fingerprint density at radius 1 is 0.941 bits per heavy atom. The third kappa shape index (κ3) is 7.33. The summed E-state index contributed by atoms with van der Waals surface area (Å²) < 4.78 is 10.3. The smallest absolute Gasteiger partial charge is 0.408 e. The van der Waals surface area contributed by atoms with Gasteiger partial charge in [-0.1, -0.05) is 60.7 Å². The second-order valence-electron chi connectivity index (χ2n) is 7.98. The number of esters is 1. The largest absolute Gasteiger partial charge is 0.460 e. The number of nitrogens with one attached hydrogen (secondary N) is 2. The van der Waals surface area contributed by atoms with Crippen molar-refractivity contribution >= 4 is 23.9 Å². The van der Waals surface area contributed by atoms with Crippen molar-refractivity contribution in [3.8, 4) is 0 Å². The fourth-order valence-corrected chi connectivity index (χ4v) is 3.62. The van der Waals surface area contributed by atoms with Crippen LogP contribution in [0.15, 0.2) is 60.7 Å². The summed E-state index contributed by atoms with van der Waals surface area (Å²) in [5.74, 6) is -1.38. The molecule has 0 aromatic heterocycles. The normalized spacial score (nSPS) is 15.8. The third-order valence-corrected chi connectivity index (χ3v) is 5.41. The zero-order valence-corrected chi connectivity index (χ0v) is 19.1. The van der Waals surface area contributed by atoms with E-state index in [0.29, 0.717) is 19.4 Å². The molecule has 1 fully saturated rings. The summed E-state index contributed by atoms with van der Waals surface area (Å²) in [6.45, 7) is 1.85. The van der Waals surface area contributed by atoms with Crippen LogP contribution >= 0.6 is 0 Å². The van der Waals surface area contributed by atoms with Crippen molar-refractivity contribution in [1.29, 1.82) is 0 Å². The van der Waals surface area contributed by atoms with Gasteiger partial charge in [-0.3, -0.25) is 14.4 Å². The highest BCUT2D eigenvalue weighted by molar-refractivity contribution is 5.92. The lowest BCUT2D eigenvalue weighted by atomic mass is 10.2. The summed E-state index contributed by atoms with van der Waals surface area (Å²) in [6.07, 6.45) is 0.404. The Morgan fingerprint density at radius 2 is 1.53 bits per heavy atom. The van der Waals surface area contributed by atoms with Gasteiger partial charge in [-0.15, -0.1) is 0 Å². The molecule has 0 aliphatic carbocycles. The van der Waals surface area contributed by atoms with Gasteiger partial charge >= 0.3 is 12.1 Å². The molecule has 0 saturated carbocycles. The number of ether oxygens (including phenoxy) is 2. The second kappa shape index (κ2) is 12.4. The predicted molar refractivity (Wildman–Crippen MR) is 123 cm³/mol. The molecule has 1 heterocycles. The van der Waals surface area contributed by atoms with Gasteiger partial charge in [0.15, 0.2) is 0 Å². The average molecular weight is 468 g/mol. The minimum atomic E-state index is -0.868. The predicted octanol–water partition coefficient (Wildman–Crippen LogP) is 2.15. The maximum atomic E-state index is 12.9. The topological polar surface area (TPSA) is 114 Å². The Morgan fingerprint density at radius 3 is 2.15 bits per heavy atom. The number of carbonyl (C=O) groups excluding carboxylic acids is 4. The lowest BCUT2D eigenvalue weighted by Crippen LogP contribution is -2.53. The van der Waals surface area contributed by atoms with Crippen LogP contribution in [0.25, 0.3) is 0 Å². The van der Waals surface area contributed by atoms with Gasteiger partial charge in [0, 0.05) is 6.54 Å². The van der Waals surface area contributed by atoms with Crippen LogP contribution in [0.2, 0.25) is 0 Å². The van der Waals surface area contributed by atoms with E-state index in [-0.39, 0.29) is 25.7 Å². The van der Waals surface area contributed by atoms with Crippen molar-refractivity contribution in [3.05, 3.63) is 71.8 Å². The van der Waals surface area contributed by atoms with Crippen LogP contribution in [-0.4, -0.2) is 54.0 Å². The molecule has 3 amide bonds. The standard InChI is InChI=1S/C25H29N3O6/c1-18(27-25(32)34-17-20-11-6-3-7-12-20)24(31)28-14-8-13-21(28)23(30)26-15-22(29)33-16-19-9-4-2-5-10-19/h2-7,9-12,18,21H,8,13-17H2,1H3,(H,26,30)(H,27,32)/t18-,21+/m1/s1. The highest BCUT2D eigenvalue weighted by Gasteiger charge is 2.36. The van der Waals surface area contributed by atoms with Crippen LogP contribution in [0.4, 0.5) is 4.79 Å². The van der Waals surface area contributed by atoms with Gasteiger partial charge in [0.05, 0.1) is 0 Å². The van der Waals surface area contributed by atoms with Crippen LogP contribution in [-0.2, 0) is 37.1 Å². The Balaban J connectivity index is 1.42. The van der Waals surface area contributed by atoms with Crippen molar-refractivity contribution in [2.75, 3.05) is 13.1 Å². The summed E-state index contributed by atoms with van der Waals surface area (Å²) in [7, 11) is 0. The van der Waals surface area contributed by atoms with Crippen LogP contribution in [0, 0.1) is 0 Å². The van der Waals surface area contributed by atoms with Gasteiger partial charge in [0.1, 0.15) is 31.8 Å². The molecule has 9 nitrogen and oxygen atoms in total. The first-order chi connectivity index (χ1) is 16.4. The molecular weight excluding hydrogens is 438 g/mol. The minimum absolute atomic E-state index is 0.0860. The summed E-state index contributed by atoms with van der Waals surface area (Å²) in [5, 5.41) is 5.05. The molecule has 0 bridgehead atoms. The van der Waals surface area contributed by atoms with Gasteiger partial charge < -0.3 is 25.0 Å². The zero-order valence-electron chi connectivity index (χ0n) is 19.1. The van der Waals surface area contributed by atoms with E-state index in [4.69, 9.17) is 9.47 Å². The molecular formula is C25H29N3O6. The maximum absolute atomic E-state index is 12.9. The molecule has 3 rings (SSSR count). The number of alkyl carbamates (subject to hydrolysis) is 1. The average Bonchev–Trinajstić information content (AvgIpc) is 3.35. The molecule has 0 spiro atoms. The summed E-state index contributed by atoms with van der Waals surface area (Å²) in [5.41, 5.74) is 1.67. The van der Waals surface area contributed by atoms with Crippen LogP contribution in [0.3, 0.4) is 0 Å². The van der Waals surface area contributed by atoms with E-state index in [9.17, 15) is 19.2 Å². The van der Waals surface area contributed by atoms with Crippen LogP contribution in [0.1, 0.15) is 30.9 Å². The first-order valence-corrected chi connectivity index (χ1v) is 11.2. The van der Waals surface area contributed by atoms with E-state index >= 15 is 0 Å². The molecule has 2 aromatic rings. The fraction of sp³-hybridized carbons (Fsp3) is 0.360. The number of nitrogens with zero attached hydrogens (tertiary/aromatic N) is 1. The van der Waals surface area contributed by atoms with Gasteiger partial charge in [0.2, 0.25) is 11.8 Å². The van der Waals surface area contributed by atoms with Crippen molar-refractivity contribution in [3.63, 3.8) is 0 Å². The number of likely N-dealkylation sites (tertiary alicyclic amines) is 1. The monoisotopic (exact) mass is 467 g/mol. The van der Waals surface area contributed by atoms with Crippen molar-refractivity contribution in [1.82, 2.24) is 15.5 Å². The van der Waals surface area contributed by atoms with Crippen molar-refractivity contribution < 1.29 is 28.7 Å². The number of hydrogen-bond donors (Lipinski definition) is 2. The van der Waals surface area contributed by atoms with Gasteiger partial charge in [-0.25, -0.2) is 4.79 Å². The highest BCUT2D eigenvalue weighted by atomic mass is 16.5. The lowest BCUT2D eigenvalue weighted by Gasteiger charge is -2.27.